The maximum absolute atomic E-state index is 13.3. The van der Waals surface area contributed by atoms with Crippen LogP contribution in [0.3, 0.4) is 0 Å². The van der Waals surface area contributed by atoms with E-state index in [1.807, 2.05) is 24.3 Å². The Morgan fingerprint density at radius 3 is 2.32 bits per heavy atom. The molecule has 1 aromatic rings. The van der Waals surface area contributed by atoms with E-state index in [-0.39, 0.29) is 23.3 Å². The van der Waals surface area contributed by atoms with Crippen molar-refractivity contribution in [1.82, 2.24) is 10.6 Å². The lowest BCUT2D eigenvalue weighted by Gasteiger charge is -2.60. The molecule has 0 radical (unpaired) electrons. The van der Waals surface area contributed by atoms with Crippen LogP contribution in [0, 0.1) is 17.3 Å². The largest absolute Gasteiger partial charge is 0.497 e. The van der Waals surface area contributed by atoms with Gasteiger partial charge in [0.15, 0.2) is 6.10 Å². The van der Waals surface area contributed by atoms with Gasteiger partial charge in [-0.2, -0.15) is 0 Å². The van der Waals surface area contributed by atoms with Gasteiger partial charge in [-0.15, -0.1) is 0 Å². The minimum absolute atomic E-state index is 0.0447. The van der Waals surface area contributed by atoms with Gasteiger partial charge in [0.2, 0.25) is 5.91 Å². The fourth-order valence-electron chi connectivity index (χ4n) is 6.44. The zero-order valence-electron chi connectivity index (χ0n) is 18.5. The molecular weight excluding hydrogens is 396 g/mol. The number of carbonyl (C=O) groups is 3. The highest BCUT2D eigenvalue weighted by atomic mass is 16.5. The number of amides is 2. The van der Waals surface area contributed by atoms with Crippen molar-refractivity contribution in [2.75, 3.05) is 7.11 Å². The second kappa shape index (κ2) is 8.17. The van der Waals surface area contributed by atoms with E-state index >= 15 is 0 Å². The number of rotatable bonds is 7. The number of benzene rings is 1. The van der Waals surface area contributed by atoms with E-state index in [1.54, 1.807) is 21.0 Å². The van der Waals surface area contributed by atoms with Crippen LogP contribution in [0.25, 0.3) is 0 Å². The molecule has 4 bridgehead atoms. The monoisotopic (exact) mass is 428 g/mol. The summed E-state index contributed by atoms with van der Waals surface area (Å²) >= 11 is 0. The number of hydrogen-bond donors (Lipinski definition) is 2. The Hall–Kier alpha value is -2.57. The summed E-state index contributed by atoms with van der Waals surface area (Å²) in [6.45, 7) is 3.51. The van der Waals surface area contributed by atoms with E-state index in [0.29, 0.717) is 24.8 Å². The summed E-state index contributed by atoms with van der Waals surface area (Å²) in [6.07, 6.45) is 4.34. The van der Waals surface area contributed by atoms with Gasteiger partial charge in [-0.3, -0.25) is 14.4 Å². The number of methoxy groups -OCH3 is 1. The molecule has 7 nitrogen and oxygen atoms in total. The number of esters is 1. The van der Waals surface area contributed by atoms with Crippen molar-refractivity contribution in [3.63, 3.8) is 0 Å². The maximum Gasteiger partial charge on any atom is 0.312 e. The predicted molar refractivity (Wildman–Crippen MR) is 114 cm³/mol. The van der Waals surface area contributed by atoms with Gasteiger partial charge in [0.1, 0.15) is 5.75 Å². The quantitative estimate of drug-likeness (QED) is 0.652. The molecule has 5 rings (SSSR count). The first-order valence-corrected chi connectivity index (χ1v) is 11.1. The highest BCUT2D eigenvalue weighted by Crippen LogP contribution is 2.62. The summed E-state index contributed by atoms with van der Waals surface area (Å²) in [4.78, 5) is 37.6. The normalized spacial score (nSPS) is 31.6. The van der Waals surface area contributed by atoms with Crippen molar-refractivity contribution in [3.8, 4) is 5.75 Å². The van der Waals surface area contributed by atoms with Gasteiger partial charge in [-0.1, -0.05) is 12.1 Å². The molecule has 4 aliphatic carbocycles. The molecule has 1 aromatic carbocycles. The number of carbonyl (C=O) groups excluding carboxylic acids is 3. The van der Waals surface area contributed by atoms with Crippen LogP contribution >= 0.6 is 0 Å². The third-order valence-electron chi connectivity index (χ3n) is 7.21. The molecule has 0 unspecified atom stereocenters. The SMILES string of the molecule is COc1ccc(CNC(=O)[C@@H](C)OC(=O)C23C[C@H]4C[C@@H](CC(NC(C)=O)(C4)C2)C3)cc1. The standard InChI is InChI=1S/C24H32N2O5/c1-15(21(28)25-13-17-4-6-20(30-3)7-5-17)31-22(29)23-9-18-8-19(10-23)12-24(11-18,14-23)26-16(2)27/h4-7,15,18-19H,8-14H2,1-3H3,(H,25,28)(H,26,27)/t15-,18-,19-,23?,24?/m1/s1. The van der Waals surface area contributed by atoms with E-state index in [1.165, 1.54) is 0 Å². The summed E-state index contributed by atoms with van der Waals surface area (Å²) in [5.74, 6) is 0.968. The molecule has 0 aromatic heterocycles. The van der Waals surface area contributed by atoms with E-state index in [0.717, 1.165) is 43.4 Å². The van der Waals surface area contributed by atoms with Crippen LogP contribution < -0.4 is 15.4 Å². The lowest BCUT2D eigenvalue weighted by Crippen LogP contribution is -2.65. The smallest absolute Gasteiger partial charge is 0.312 e. The molecule has 7 heteroatoms. The predicted octanol–water partition coefficient (Wildman–Crippen LogP) is 2.72. The molecular formula is C24H32N2O5. The van der Waals surface area contributed by atoms with Crippen molar-refractivity contribution < 1.29 is 23.9 Å². The van der Waals surface area contributed by atoms with Crippen molar-refractivity contribution in [1.29, 1.82) is 0 Å². The topological polar surface area (TPSA) is 93.7 Å². The van der Waals surface area contributed by atoms with Crippen molar-refractivity contribution in [2.24, 2.45) is 17.3 Å². The van der Waals surface area contributed by atoms with Gasteiger partial charge in [0.05, 0.1) is 12.5 Å². The van der Waals surface area contributed by atoms with Crippen molar-refractivity contribution >= 4 is 17.8 Å². The number of ether oxygens (including phenoxy) is 2. The Morgan fingerprint density at radius 1 is 1.10 bits per heavy atom. The second-order valence-corrected chi connectivity index (χ2v) is 9.82. The van der Waals surface area contributed by atoms with Gasteiger partial charge < -0.3 is 20.1 Å². The van der Waals surface area contributed by atoms with Gasteiger partial charge in [0, 0.05) is 19.0 Å². The van der Waals surface area contributed by atoms with Crippen LogP contribution in [-0.4, -0.2) is 36.5 Å². The number of nitrogens with one attached hydrogen (secondary N) is 2. The lowest BCUT2D eigenvalue weighted by atomic mass is 9.47. The zero-order valence-corrected chi connectivity index (χ0v) is 18.5. The molecule has 3 atom stereocenters. The van der Waals surface area contributed by atoms with Crippen LogP contribution in [-0.2, 0) is 25.7 Å². The van der Waals surface area contributed by atoms with Gasteiger partial charge in [-0.25, -0.2) is 0 Å². The maximum atomic E-state index is 13.3. The van der Waals surface area contributed by atoms with Crippen molar-refractivity contribution in [3.05, 3.63) is 29.8 Å². The molecule has 0 spiro atoms. The summed E-state index contributed by atoms with van der Waals surface area (Å²) < 4.78 is 10.8. The fourth-order valence-corrected chi connectivity index (χ4v) is 6.44. The Balaban J connectivity index is 1.36. The van der Waals surface area contributed by atoms with Gasteiger partial charge in [-0.05, 0) is 75.0 Å². The minimum atomic E-state index is -0.865. The van der Waals surface area contributed by atoms with Gasteiger partial charge >= 0.3 is 5.97 Å². The third-order valence-corrected chi connectivity index (χ3v) is 7.21. The lowest BCUT2D eigenvalue weighted by molar-refractivity contribution is -0.182. The average Bonchev–Trinajstić information content (AvgIpc) is 2.70. The zero-order chi connectivity index (χ0) is 22.2. The first-order valence-electron chi connectivity index (χ1n) is 11.1. The Bertz CT molecular complexity index is 851. The highest BCUT2D eigenvalue weighted by molar-refractivity contribution is 5.85. The van der Waals surface area contributed by atoms with Crippen LogP contribution in [0.4, 0.5) is 0 Å². The Kier molecular flexibility index (Phi) is 5.71. The summed E-state index contributed by atoms with van der Waals surface area (Å²) in [5, 5.41) is 5.99. The molecule has 4 fully saturated rings. The first-order chi connectivity index (χ1) is 14.7. The van der Waals surface area contributed by atoms with E-state index in [2.05, 4.69) is 10.6 Å². The molecule has 0 heterocycles. The third kappa shape index (κ3) is 4.41. The molecule has 0 saturated heterocycles. The van der Waals surface area contributed by atoms with E-state index in [9.17, 15) is 14.4 Å². The molecule has 4 aliphatic rings. The molecule has 2 N–H and O–H groups in total. The molecule has 4 saturated carbocycles. The van der Waals surface area contributed by atoms with Crippen LogP contribution in [0.15, 0.2) is 24.3 Å². The Morgan fingerprint density at radius 2 is 1.74 bits per heavy atom. The van der Waals surface area contributed by atoms with Gasteiger partial charge in [0.25, 0.3) is 5.91 Å². The van der Waals surface area contributed by atoms with Crippen LogP contribution in [0.5, 0.6) is 5.75 Å². The van der Waals surface area contributed by atoms with Crippen molar-refractivity contribution in [2.45, 2.75) is 70.6 Å². The molecule has 31 heavy (non-hydrogen) atoms. The van der Waals surface area contributed by atoms with E-state index < -0.39 is 11.5 Å². The first kappa shape index (κ1) is 21.7. The number of hydrogen-bond acceptors (Lipinski definition) is 5. The minimum Gasteiger partial charge on any atom is -0.497 e. The molecule has 168 valence electrons. The molecule has 0 aliphatic heterocycles. The average molecular weight is 429 g/mol. The summed E-state index contributed by atoms with van der Waals surface area (Å²) in [7, 11) is 1.61. The summed E-state index contributed by atoms with van der Waals surface area (Å²) in [6, 6.07) is 7.44. The van der Waals surface area contributed by atoms with Crippen LogP contribution in [0.2, 0.25) is 0 Å². The Labute approximate surface area is 183 Å². The fraction of sp³-hybridized carbons (Fsp3) is 0.625. The van der Waals surface area contributed by atoms with Crippen LogP contribution in [0.1, 0.15) is 57.9 Å². The second-order valence-electron chi connectivity index (χ2n) is 9.82. The molecule has 2 amide bonds. The highest BCUT2D eigenvalue weighted by Gasteiger charge is 2.61. The summed E-state index contributed by atoms with van der Waals surface area (Å²) in [5.41, 5.74) is 0.0530. The van der Waals surface area contributed by atoms with E-state index in [4.69, 9.17) is 9.47 Å².